The third-order valence-corrected chi connectivity index (χ3v) is 4.94. The van der Waals surface area contributed by atoms with Gasteiger partial charge in [0.05, 0.1) is 0 Å². The fourth-order valence-electron chi connectivity index (χ4n) is 2.47. The first-order valence-electron chi connectivity index (χ1n) is 8.57. The first kappa shape index (κ1) is 19.1. The normalized spacial score (nSPS) is 14.7. The molecule has 0 heterocycles. The number of nitrogens with one attached hydrogen (secondary N) is 1. The van der Waals surface area contributed by atoms with E-state index >= 15 is 0 Å². The Balaban J connectivity index is 3.26. The van der Waals surface area contributed by atoms with Crippen LogP contribution < -0.4 is 5.32 Å². The Labute approximate surface area is 141 Å². The smallest absolute Gasteiger partial charge is 0.160 e. The van der Waals surface area contributed by atoms with Crippen molar-refractivity contribution in [1.29, 1.82) is 0 Å². The van der Waals surface area contributed by atoms with Crippen LogP contribution in [0.4, 0.5) is 5.69 Å². The molecule has 3 heteroatoms. The molecule has 1 aromatic rings. The highest BCUT2D eigenvalue weighted by Gasteiger charge is 2.17. The van der Waals surface area contributed by atoms with Crippen molar-refractivity contribution in [1.82, 2.24) is 0 Å². The van der Waals surface area contributed by atoms with Crippen LogP contribution in [-0.2, 0) is 0 Å². The molecule has 0 bridgehead atoms. The van der Waals surface area contributed by atoms with E-state index in [1.165, 1.54) is 16.8 Å². The van der Waals surface area contributed by atoms with Crippen molar-refractivity contribution in [2.75, 3.05) is 18.1 Å². The van der Waals surface area contributed by atoms with E-state index in [-0.39, 0.29) is 0 Å². The Hall–Kier alpha value is -0.960. The molecule has 0 saturated carbocycles. The number of para-hydroxylation sites is 1. The Morgan fingerprint density at radius 3 is 2.05 bits per heavy atom. The van der Waals surface area contributed by atoms with E-state index in [9.17, 15) is 0 Å². The van der Waals surface area contributed by atoms with Crippen molar-refractivity contribution in [3.63, 3.8) is 0 Å². The molecule has 2 unspecified atom stereocenters. The van der Waals surface area contributed by atoms with Crippen molar-refractivity contribution in [3.8, 4) is 0 Å². The number of amidine groups is 1. The maximum Gasteiger partial charge on any atom is 0.160 e. The van der Waals surface area contributed by atoms with E-state index in [1.54, 1.807) is 11.8 Å². The SMILES string of the molecule is CCCN=C(Nc1c(C(C)CC)cccc1C(C)CC)SC. The first-order valence-corrected chi connectivity index (χ1v) is 9.79. The van der Waals surface area contributed by atoms with Crippen molar-refractivity contribution in [3.05, 3.63) is 29.3 Å². The predicted octanol–water partition coefficient (Wildman–Crippen LogP) is 6.25. The lowest BCUT2D eigenvalue weighted by Gasteiger charge is -2.23. The minimum absolute atomic E-state index is 0.556. The number of nitrogens with zero attached hydrogens (tertiary/aromatic N) is 1. The van der Waals surface area contributed by atoms with Gasteiger partial charge >= 0.3 is 0 Å². The minimum Gasteiger partial charge on any atom is -0.335 e. The van der Waals surface area contributed by atoms with Gasteiger partial charge in [0.1, 0.15) is 0 Å². The van der Waals surface area contributed by atoms with Crippen LogP contribution in [0.5, 0.6) is 0 Å². The van der Waals surface area contributed by atoms with Gasteiger partial charge in [-0.2, -0.15) is 0 Å². The summed E-state index contributed by atoms with van der Waals surface area (Å²) in [6.07, 6.45) is 5.48. The second-order valence-electron chi connectivity index (χ2n) is 5.95. The van der Waals surface area contributed by atoms with Gasteiger partial charge in [-0.05, 0) is 48.5 Å². The molecule has 0 saturated heterocycles. The monoisotopic (exact) mass is 320 g/mol. The number of benzene rings is 1. The molecule has 1 N–H and O–H groups in total. The standard InChI is InChI=1S/C19H32N2S/c1-7-13-20-19(22-6)21-18-16(14(4)8-2)11-10-12-17(18)15(5)9-3/h10-12,14-15H,7-9,13H2,1-6H3,(H,20,21). The predicted molar refractivity (Wildman–Crippen MR) is 104 cm³/mol. The zero-order valence-electron chi connectivity index (χ0n) is 15.1. The lowest BCUT2D eigenvalue weighted by molar-refractivity contribution is 0.715. The number of anilines is 1. The van der Waals surface area contributed by atoms with Gasteiger partial charge in [0.2, 0.25) is 0 Å². The molecule has 0 radical (unpaired) electrons. The van der Waals surface area contributed by atoms with Crippen molar-refractivity contribution in [2.45, 2.75) is 65.7 Å². The van der Waals surface area contributed by atoms with Crippen LogP contribution in [0.25, 0.3) is 0 Å². The number of hydrogen-bond acceptors (Lipinski definition) is 2. The topological polar surface area (TPSA) is 24.4 Å². The van der Waals surface area contributed by atoms with E-state index < -0.39 is 0 Å². The maximum atomic E-state index is 4.68. The zero-order valence-corrected chi connectivity index (χ0v) is 15.9. The second-order valence-corrected chi connectivity index (χ2v) is 6.74. The highest BCUT2D eigenvalue weighted by Crippen LogP contribution is 2.35. The van der Waals surface area contributed by atoms with Crippen LogP contribution in [-0.4, -0.2) is 18.0 Å². The van der Waals surface area contributed by atoms with Gasteiger partial charge < -0.3 is 5.32 Å². The average Bonchev–Trinajstić information content (AvgIpc) is 2.56. The molecule has 2 atom stereocenters. The van der Waals surface area contributed by atoms with E-state index in [0.717, 1.165) is 31.0 Å². The molecule has 0 fully saturated rings. The number of rotatable bonds is 7. The fourth-order valence-corrected chi connectivity index (χ4v) is 2.89. The molecule has 2 nitrogen and oxygen atoms in total. The Bertz CT molecular complexity index is 454. The van der Waals surface area contributed by atoms with E-state index in [2.05, 4.69) is 69.4 Å². The van der Waals surface area contributed by atoms with Crippen LogP contribution >= 0.6 is 11.8 Å². The van der Waals surface area contributed by atoms with Gasteiger partial charge in [0.25, 0.3) is 0 Å². The lowest BCUT2D eigenvalue weighted by atomic mass is 9.89. The Kier molecular flexibility index (Phi) is 8.62. The summed E-state index contributed by atoms with van der Waals surface area (Å²) in [6, 6.07) is 6.73. The Morgan fingerprint density at radius 1 is 1.09 bits per heavy atom. The molecule has 0 amide bonds. The molecule has 1 aromatic carbocycles. The van der Waals surface area contributed by atoms with E-state index in [1.807, 2.05) is 0 Å². The van der Waals surface area contributed by atoms with E-state index in [0.29, 0.717) is 11.8 Å². The van der Waals surface area contributed by atoms with E-state index in [4.69, 9.17) is 0 Å². The fraction of sp³-hybridized carbons (Fsp3) is 0.632. The lowest BCUT2D eigenvalue weighted by Crippen LogP contribution is -2.14. The average molecular weight is 321 g/mol. The van der Waals surface area contributed by atoms with Crippen LogP contribution in [0.2, 0.25) is 0 Å². The molecule has 0 aromatic heterocycles. The molecular weight excluding hydrogens is 288 g/mol. The summed E-state index contributed by atoms with van der Waals surface area (Å²) in [7, 11) is 0. The summed E-state index contributed by atoms with van der Waals surface area (Å²) in [4.78, 5) is 4.68. The van der Waals surface area contributed by atoms with Crippen LogP contribution in [0.3, 0.4) is 0 Å². The summed E-state index contributed by atoms with van der Waals surface area (Å²) < 4.78 is 0. The van der Waals surface area contributed by atoms with Crippen molar-refractivity contribution < 1.29 is 0 Å². The molecular formula is C19H32N2S. The Morgan fingerprint density at radius 2 is 1.64 bits per heavy atom. The molecule has 124 valence electrons. The highest BCUT2D eigenvalue weighted by molar-refractivity contribution is 8.13. The maximum absolute atomic E-state index is 4.68. The molecule has 0 aliphatic rings. The first-order chi connectivity index (χ1) is 10.6. The summed E-state index contributed by atoms with van der Waals surface area (Å²) in [5.74, 6) is 1.11. The van der Waals surface area contributed by atoms with Gasteiger partial charge in [-0.25, -0.2) is 0 Å². The summed E-state index contributed by atoms with van der Waals surface area (Å²) in [5.41, 5.74) is 4.12. The summed E-state index contributed by atoms with van der Waals surface area (Å²) in [5, 5.41) is 4.67. The molecule has 0 spiro atoms. The molecule has 0 aliphatic heterocycles. The van der Waals surface area contributed by atoms with Gasteiger partial charge in [0.15, 0.2) is 5.17 Å². The summed E-state index contributed by atoms with van der Waals surface area (Å²) in [6.45, 7) is 12.2. The number of hydrogen-bond donors (Lipinski definition) is 1. The third-order valence-electron chi connectivity index (χ3n) is 4.32. The van der Waals surface area contributed by atoms with Crippen molar-refractivity contribution >= 4 is 22.6 Å². The van der Waals surface area contributed by atoms with Gasteiger partial charge in [-0.1, -0.05) is 64.6 Å². The van der Waals surface area contributed by atoms with Gasteiger partial charge in [-0.15, -0.1) is 0 Å². The van der Waals surface area contributed by atoms with Gasteiger partial charge in [-0.3, -0.25) is 4.99 Å². The van der Waals surface area contributed by atoms with Crippen molar-refractivity contribution in [2.24, 2.45) is 4.99 Å². The largest absolute Gasteiger partial charge is 0.335 e. The van der Waals surface area contributed by atoms with Crippen LogP contribution in [0.1, 0.15) is 76.8 Å². The van der Waals surface area contributed by atoms with Gasteiger partial charge in [0, 0.05) is 12.2 Å². The molecule has 22 heavy (non-hydrogen) atoms. The van der Waals surface area contributed by atoms with Crippen LogP contribution in [0, 0.1) is 0 Å². The number of thioether (sulfide) groups is 1. The molecule has 0 aliphatic carbocycles. The van der Waals surface area contributed by atoms with Crippen LogP contribution in [0.15, 0.2) is 23.2 Å². The quantitative estimate of drug-likeness (QED) is 0.474. The molecule has 1 rings (SSSR count). The zero-order chi connectivity index (χ0) is 16.5. The summed E-state index contributed by atoms with van der Waals surface area (Å²) >= 11 is 1.70. The third kappa shape index (κ3) is 5.05. The number of aliphatic imine (C=N–C) groups is 1. The highest BCUT2D eigenvalue weighted by atomic mass is 32.2. The second kappa shape index (κ2) is 9.94. The minimum atomic E-state index is 0.556.